The van der Waals surface area contributed by atoms with Crippen LogP contribution < -0.4 is 10.2 Å². The molecule has 1 aliphatic rings. The predicted octanol–water partition coefficient (Wildman–Crippen LogP) is 1.93. The van der Waals surface area contributed by atoms with E-state index in [-0.39, 0.29) is 11.8 Å². The summed E-state index contributed by atoms with van der Waals surface area (Å²) in [5.74, 6) is -0.212. The molecule has 0 bridgehead atoms. The van der Waals surface area contributed by atoms with E-state index in [0.717, 1.165) is 23.2 Å². The van der Waals surface area contributed by atoms with Crippen LogP contribution in [0.5, 0.6) is 0 Å². The molecule has 1 aromatic carbocycles. The number of carbonyl (C=O) groups is 2. The van der Waals surface area contributed by atoms with E-state index in [1.807, 2.05) is 32.0 Å². The van der Waals surface area contributed by atoms with Gasteiger partial charge in [-0.25, -0.2) is 0 Å². The third-order valence-corrected chi connectivity index (χ3v) is 3.16. The summed E-state index contributed by atoms with van der Waals surface area (Å²) < 4.78 is 0. The zero-order chi connectivity index (χ0) is 13.3. The van der Waals surface area contributed by atoms with Gasteiger partial charge in [0, 0.05) is 19.0 Å². The number of benzene rings is 1. The van der Waals surface area contributed by atoms with Crippen LogP contribution in [0.25, 0.3) is 0 Å². The van der Waals surface area contributed by atoms with Crippen molar-refractivity contribution in [2.45, 2.75) is 33.2 Å². The SMILES string of the molecule is CCCN1C(=O)[C@@H](NC(C)=O)c2cccc(C)c21. The molecule has 0 aliphatic carbocycles. The predicted molar refractivity (Wildman–Crippen MR) is 70.4 cm³/mol. The minimum Gasteiger partial charge on any atom is -0.341 e. The van der Waals surface area contributed by atoms with Gasteiger partial charge < -0.3 is 10.2 Å². The molecule has 1 N–H and O–H groups in total. The Hall–Kier alpha value is -1.84. The van der Waals surface area contributed by atoms with Gasteiger partial charge in [-0.2, -0.15) is 0 Å². The molecule has 0 fully saturated rings. The number of rotatable bonds is 3. The number of carbonyl (C=O) groups excluding carboxylic acids is 2. The van der Waals surface area contributed by atoms with Gasteiger partial charge >= 0.3 is 0 Å². The van der Waals surface area contributed by atoms with Crippen LogP contribution in [0.3, 0.4) is 0 Å². The Morgan fingerprint density at radius 1 is 1.44 bits per heavy atom. The van der Waals surface area contributed by atoms with Crippen LogP contribution in [0.15, 0.2) is 18.2 Å². The van der Waals surface area contributed by atoms with Gasteiger partial charge in [0.1, 0.15) is 6.04 Å². The van der Waals surface area contributed by atoms with Crippen LogP contribution in [0, 0.1) is 6.92 Å². The second kappa shape index (κ2) is 4.80. The maximum absolute atomic E-state index is 12.4. The van der Waals surface area contributed by atoms with Gasteiger partial charge in [0.2, 0.25) is 5.91 Å². The largest absolute Gasteiger partial charge is 0.341 e. The smallest absolute Gasteiger partial charge is 0.254 e. The average molecular weight is 246 g/mol. The van der Waals surface area contributed by atoms with E-state index < -0.39 is 6.04 Å². The summed E-state index contributed by atoms with van der Waals surface area (Å²) in [7, 11) is 0. The summed E-state index contributed by atoms with van der Waals surface area (Å²) in [6.07, 6.45) is 0.895. The summed E-state index contributed by atoms with van der Waals surface area (Å²) in [5.41, 5.74) is 2.94. The first-order chi connectivity index (χ1) is 8.56. The van der Waals surface area contributed by atoms with Gasteiger partial charge in [-0.05, 0) is 18.9 Å². The standard InChI is InChI=1S/C14H18N2O2/c1-4-8-16-13-9(2)6-5-7-11(13)12(14(16)18)15-10(3)17/h5-7,12H,4,8H2,1-3H3,(H,15,17)/t12-/m0/s1. The monoisotopic (exact) mass is 246 g/mol. The quantitative estimate of drug-likeness (QED) is 0.886. The zero-order valence-electron chi connectivity index (χ0n) is 11.0. The molecular formula is C14H18N2O2. The van der Waals surface area contributed by atoms with Crippen LogP contribution in [-0.4, -0.2) is 18.4 Å². The fourth-order valence-electron chi connectivity index (χ4n) is 2.47. The average Bonchev–Trinajstić information content (AvgIpc) is 2.56. The Balaban J connectivity index is 2.46. The molecule has 0 unspecified atom stereocenters. The minimum absolute atomic E-state index is 0.0312. The molecule has 1 aliphatic heterocycles. The van der Waals surface area contributed by atoms with E-state index in [1.165, 1.54) is 6.92 Å². The lowest BCUT2D eigenvalue weighted by Gasteiger charge is -2.18. The second-order valence-electron chi connectivity index (χ2n) is 4.64. The van der Waals surface area contributed by atoms with Gasteiger partial charge in [0.15, 0.2) is 0 Å². The van der Waals surface area contributed by atoms with Crippen molar-refractivity contribution in [3.8, 4) is 0 Å². The molecule has 0 saturated carbocycles. The molecule has 1 aromatic rings. The number of nitrogens with one attached hydrogen (secondary N) is 1. The van der Waals surface area contributed by atoms with Crippen LogP contribution >= 0.6 is 0 Å². The Morgan fingerprint density at radius 3 is 2.78 bits per heavy atom. The molecule has 0 radical (unpaired) electrons. The number of anilines is 1. The summed E-state index contributed by atoms with van der Waals surface area (Å²) in [6.45, 7) is 6.15. The van der Waals surface area contributed by atoms with Crippen molar-refractivity contribution in [1.82, 2.24) is 5.32 Å². The maximum Gasteiger partial charge on any atom is 0.254 e. The molecule has 2 rings (SSSR count). The van der Waals surface area contributed by atoms with E-state index >= 15 is 0 Å². The highest BCUT2D eigenvalue weighted by molar-refractivity contribution is 6.06. The van der Waals surface area contributed by atoms with E-state index in [9.17, 15) is 9.59 Å². The molecule has 4 heteroatoms. The van der Waals surface area contributed by atoms with Crippen molar-refractivity contribution in [3.63, 3.8) is 0 Å². The molecular weight excluding hydrogens is 228 g/mol. The number of nitrogens with zero attached hydrogens (tertiary/aromatic N) is 1. The van der Waals surface area contributed by atoms with Crippen LogP contribution in [0.4, 0.5) is 5.69 Å². The Labute approximate surface area is 107 Å². The normalized spacial score (nSPS) is 17.8. The van der Waals surface area contributed by atoms with Gasteiger partial charge in [-0.3, -0.25) is 9.59 Å². The molecule has 0 spiro atoms. The Morgan fingerprint density at radius 2 is 2.17 bits per heavy atom. The lowest BCUT2D eigenvalue weighted by Crippen LogP contribution is -2.37. The third-order valence-electron chi connectivity index (χ3n) is 3.16. The van der Waals surface area contributed by atoms with Crippen LogP contribution in [0.2, 0.25) is 0 Å². The maximum atomic E-state index is 12.4. The van der Waals surface area contributed by atoms with Crippen LogP contribution in [-0.2, 0) is 9.59 Å². The van der Waals surface area contributed by atoms with Gasteiger partial charge in [-0.1, -0.05) is 25.1 Å². The molecule has 1 atom stereocenters. The number of para-hydroxylation sites is 1. The number of hydrogen-bond donors (Lipinski definition) is 1. The first-order valence-electron chi connectivity index (χ1n) is 6.24. The van der Waals surface area contributed by atoms with Crippen molar-refractivity contribution in [1.29, 1.82) is 0 Å². The number of aryl methyl sites for hydroxylation is 1. The molecule has 0 saturated heterocycles. The molecule has 1 heterocycles. The summed E-state index contributed by atoms with van der Waals surface area (Å²) in [5, 5.41) is 2.73. The molecule has 2 amide bonds. The van der Waals surface area contributed by atoms with Crippen LogP contribution in [0.1, 0.15) is 37.4 Å². The molecule has 18 heavy (non-hydrogen) atoms. The van der Waals surface area contributed by atoms with E-state index in [4.69, 9.17) is 0 Å². The lowest BCUT2D eigenvalue weighted by molar-refractivity contribution is -0.126. The van der Waals surface area contributed by atoms with Crippen molar-refractivity contribution >= 4 is 17.5 Å². The minimum atomic E-state index is -0.524. The van der Waals surface area contributed by atoms with Gasteiger partial charge in [0.25, 0.3) is 5.91 Å². The zero-order valence-corrected chi connectivity index (χ0v) is 11.0. The van der Waals surface area contributed by atoms with E-state index in [0.29, 0.717) is 6.54 Å². The molecule has 4 nitrogen and oxygen atoms in total. The van der Waals surface area contributed by atoms with E-state index in [1.54, 1.807) is 4.90 Å². The summed E-state index contributed by atoms with van der Waals surface area (Å²) >= 11 is 0. The first-order valence-corrected chi connectivity index (χ1v) is 6.24. The number of hydrogen-bond acceptors (Lipinski definition) is 2. The fourth-order valence-corrected chi connectivity index (χ4v) is 2.47. The second-order valence-corrected chi connectivity index (χ2v) is 4.64. The van der Waals surface area contributed by atoms with E-state index in [2.05, 4.69) is 5.32 Å². The fraction of sp³-hybridized carbons (Fsp3) is 0.429. The van der Waals surface area contributed by atoms with Crippen molar-refractivity contribution in [2.24, 2.45) is 0 Å². The van der Waals surface area contributed by atoms with Gasteiger partial charge in [-0.15, -0.1) is 0 Å². The van der Waals surface area contributed by atoms with Crippen molar-refractivity contribution in [2.75, 3.05) is 11.4 Å². The molecule has 0 aromatic heterocycles. The highest BCUT2D eigenvalue weighted by Gasteiger charge is 2.37. The third kappa shape index (κ3) is 1.98. The highest BCUT2D eigenvalue weighted by atomic mass is 16.2. The van der Waals surface area contributed by atoms with Crippen molar-refractivity contribution < 1.29 is 9.59 Å². The Kier molecular flexibility index (Phi) is 3.36. The number of amides is 2. The van der Waals surface area contributed by atoms with Gasteiger partial charge in [0.05, 0.1) is 5.69 Å². The summed E-state index contributed by atoms with van der Waals surface area (Å²) in [4.78, 5) is 25.4. The first kappa shape index (κ1) is 12.6. The Bertz CT molecular complexity index is 497. The molecule has 96 valence electrons. The van der Waals surface area contributed by atoms with Crippen molar-refractivity contribution in [3.05, 3.63) is 29.3 Å². The number of fused-ring (bicyclic) bond motifs is 1. The summed E-state index contributed by atoms with van der Waals surface area (Å²) in [6, 6.07) is 5.30. The lowest BCUT2D eigenvalue weighted by atomic mass is 10.1. The topological polar surface area (TPSA) is 49.4 Å². The highest BCUT2D eigenvalue weighted by Crippen LogP contribution is 2.38.